The molecule has 0 spiro atoms. The summed E-state index contributed by atoms with van der Waals surface area (Å²) in [6, 6.07) is 0. The maximum absolute atomic E-state index is 11.2. The molecule has 0 aromatic rings. The summed E-state index contributed by atoms with van der Waals surface area (Å²) < 4.78 is 9.23. The Hall–Kier alpha value is -1.04. The van der Waals surface area contributed by atoms with Gasteiger partial charge in [-0.05, 0) is 25.2 Å². The van der Waals surface area contributed by atoms with Crippen molar-refractivity contribution in [3.63, 3.8) is 0 Å². The van der Waals surface area contributed by atoms with E-state index in [0.717, 1.165) is 37.9 Å². The Morgan fingerprint density at radius 1 is 0.905 bits per heavy atom. The summed E-state index contributed by atoms with van der Waals surface area (Å²) in [6.45, 7) is 1.55. The zero-order valence-corrected chi connectivity index (χ0v) is 14.0. The van der Waals surface area contributed by atoms with Gasteiger partial charge in [-0.3, -0.25) is 14.4 Å². The summed E-state index contributed by atoms with van der Waals surface area (Å²) in [4.78, 5) is 33.2. The van der Waals surface area contributed by atoms with Crippen molar-refractivity contribution < 1.29 is 23.9 Å². The highest BCUT2D eigenvalue weighted by Crippen LogP contribution is 2.21. The Morgan fingerprint density at radius 2 is 1.52 bits per heavy atom. The Kier molecular flexibility index (Phi) is 12.1. The van der Waals surface area contributed by atoms with E-state index in [1.165, 1.54) is 26.0 Å². The molecule has 0 heterocycles. The van der Waals surface area contributed by atoms with E-state index in [0.29, 0.717) is 18.8 Å². The number of hydrogen-bond donors (Lipinski definition) is 0. The molecule has 0 unspecified atom stereocenters. The van der Waals surface area contributed by atoms with E-state index in [1.807, 2.05) is 0 Å². The predicted octanol–water partition coefficient (Wildman–Crippen LogP) is 2.96. The topological polar surface area (TPSA) is 69.7 Å². The van der Waals surface area contributed by atoms with E-state index >= 15 is 0 Å². The van der Waals surface area contributed by atoms with Crippen LogP contribution in [0.4, 0.5) is 0 Å². The van der Waals surface area contributed by atoms with Crippen molar-refractivity contribution in [3.05, 3.63) is 0 Å². The molecule has 6 heteroatoms. The third kappa shape index (κ3) is 12.4. The second kappa shape index (κ2) is 12.7. The van der Waals surface area contributed by atoms with Gasteiger partial charge in [0.15, 0.2) is 5.12 Å². The SMILES string of the molecule is COC(=O)CCCCC[C@@H](CCC(=O)OC)CSC(C)=O. The lowest BCUT2D eigenvalue weighted by Crippen LogP contribution is -2.10. The molecule has 0 fully saturated rings. The summed E-state index contributed by atoms with van der Waals surface area (Å²) in [6.07, 6.45) is 5.29. The van der Waals surface area contributed by atoms with Crippen LogP contribution in [-0.4, -0.2) is 37.0 Å². The number of carbonyl (C=O) groups excluding carboxylic acids is 3. The van der Waals surface area contributed by atoms with E-state index in [4.69, 9.17) is 0 Å². The normalized spacial score (nSPS) is 11.8. The van der Waals surface area contributed by atoms with Crippen molar-refractivity contribution >= 4 is 28.8 Å². The standard InChI is InChI=1S/C15H26O5S/c1-12(16)21-11-13(9-10-15(18)20-3)7-5-4-6-8-14(17)19-2/h13H,4-11H2,1-3H3/t13-/m0/s1. The first-order valence-corrected chi connectivity index (χ1v) is 8.25. The van der Waals surface area contributed by atoms with Gasteiger partial charge in [0.1, 0.15) is 0 Å². The van der Waals surface area contributed by atoms with Crippen LogP contribution in [0.5, 0.6) is 0 Å². The van der Waals surface area contributed by atoms with Gasteiger partial charge in [0.25, 0.3) is 0 Å². The van der Waals surface area contributed by atoms with Gasteiger partial charge < -0.3 is 9.47 Å². The lowest BCUT2D eigenvalue weighted by Gasteiger charge is -2.15. The first kappa shape index (κ1) is 20.0. The van der Waals surface area contributed by atoms with E-state index in [9.17, 15) is 14.4 Å². The van der Waals surface area contributed by atoms with Gasteiger partial charge in [0.2, 0.25) is 0 Å². The number of thioether (sulfide) groups is 1. The van der Waals surface area contributed by atoms with Gasteiger partial charge in [-0.15, -0.1) is 0 Å². The van der Waals surface area contributed by atoms with Crippen molar-refractivity contribution in [1.29, 1.82) is 0 Å². The molecule has 0 rings (SSSR count). The Bertz CT molecular complexity index is 330. The molecule has 0 aliphatic rings. The van der Waals surface area contributed by atoms with Crippen LogP contribution in [-0.2, 0) is 23.9 Å². The summed E-state index contributed by atoms with van der Waals surface area (Å²) in [5.41, 5.74) is 0. The second-order valence-electron chi connectivity index (χ2n) is 4.96. The smallest absolute Gasteiger partial charge is 0.305 e. The monoisotopic (exact) mass is 318 g/mol. The molecule has 0 saturated heterocycles. The van der Waals surface area contributed by atoms with Crippen LogP contribution < -0.4 is 0 Å². The zero-order chi connectivity index (χ0) is 16.1. The van der Waals surface area contributed by atoms with Crippen molar-refractivity contribution in [1.82, 2.24) is 0 Å². The van der Waals surface area contributed by atoms with Crippen LogP contribution >= 0.6 is 11.8 Å². The van der Waals surface area contributed by atoms with E-state index in [1.54, 1.807) is 6.92 Å². The molecule has 5 nitrogen and oxygen atoms in total. The fourth-order valence-corrected chi connectivity index (χ4v) is 2.76. The highest BCUT2D eigenvalue weighted by molar-refractivity contribution is 8.13. The number of rotatable bonds is 11. The van der Waals surface area contributed by atoms with Gasteiger partial charge in [0, 0.05) is 25.5 Å². The average Bonchev–Trinajstić information content (AvgIpc) is 2.47. The van der Waals surface area contributed by atoms with Crippen LogP contribution in [0.2, 0.25) is 0 Å². The third-order valence-corrected chi connectivity index (χ3v) is 4.27. The predicted molar refractivity (Wildman–Crippen MR) is 83.0 cm³/mol. The van der Waals surface area contributed by atoms with Gasteiger partial charge in [-0.25, -0.2) is 0 Å². The summed E-state index contributed by atoms with van der Waals surface area (Å²) in [7, 11) is 2.78. The summed E-state index contributed by atoms with van der Waals surface area (Å²) in [5, 5.41) is 0.101. The Morgan fingerprint density at radius 3 is 2.10 bits per heavy atom. The lowest BCUT2D eigenvalue weighted by atomic mass is 9.97. The maximum Gasteiger partial charge on any atom is 0.305 e. The number of ether oxygens (including phenoxy) is 2. The molecule has 0 aromatic heterocycles. The lowest BCUT2D eigenvalue weighted by molar-refractivity contribution is -0.141. The van der Waals surface area contributed by atoms with Crippen LogP contribution in [0.3, 0.4) is 0 Å². The number of esters is 2. The minimum absolute atomic E-state index is 0.101. The molecule has 0 N–H and O–H groups in total. The van der Waals surface area contributed by atoms with Gasteiger partial charge in [-0.2, -0.15) is 0 Å². The molecule has 1 atom stereocenters. The Labute approximate surface area is 131 Å². The van der Waals surface area contributed by atoms with Crippen LogP contribution in [0.25, 0.3) is 0 Å². The minimum atomic E-state index is -0.210. The van der Waals surface area contributed by atoms with E-state index in [2.05, 4.69) is 9.47 Å². The number of methoxy groups -OCH3 is 2. The molecule has 0 radical (unpaired) electrons. The number of unbranched alkanes of at least 4 members (excludes halogenated alkanes) is 2. The van der Waals surface area contributed by atoms with E-state index in [-0.39, 0.29) is 17.1 Å². The quantitative estimate of drug-likeness (QED) is 0.431. The highest BCUT2D eigenvalue weighted by Gasteiger charge is 2.13. The molecule has 0 bridgehead atoms. The number of carbonyl (C=O) groups is 3. The molecule has 0 amide bonds. The highest BCUT2D eigenvalue weighted by atomic mass is 32.2. The minimum Gasteiger partial charge on any atom is -0.469 e. The molecule has 0 aliphatic carbocycles. The van der Waals surface area contributed by atoms with Gasteiger partial charge in [0.05, 0.1) is 14.2 Å². The van der Waals surface area contributed by atoms with Crippen molar-refractivity contribution in [2.75, 3.05) is 20.0 Å². The first-order chi connectivity index (χ1) is 9.99. The third-order valence-electron chi connectivity index (χ3n) is 3.23. The van der Waals surface area contributed by atoms with Crippen molar-refractivity contribution in [2.45, 2.75) is 51.9 Å². The van der Waals surface area contributed by atoms with Gasteiger partial charge in [-0.1, -0.05) is 24.6 Å². The largest absolute Gasteiger partial charge is 0.469 e. The van der Waals surface area contributed by atoms with Crippen LogP contribution in [0.1, 0.15) is 51.9 Å². The maximum atomic E-state index is 11.2. The zero-order valence-electron chi connectivity index (χ0n) is 13.2. The molecule has 21 heavy (non-hydrogen) atoms. The average molecular weight is 318 g/mol. The molecule has 0 aromatic carbocycles. The van der Waals surface area contributed by atoms with E-state index < -0.39 is 0 Å². The molecule has 0 saturated carbocycles. The van der Waals surface area contributed by atoms with Gasteiger partial charge >= 0.3 is 11.9 Å². The summed E-state index contributed by atoms with van der Waals surface area (Å²) >= 11 is 1.31. The molecular formula is C15H26O5S. The number of hydrogen-bond acceptors (Lipinski definition) is 6. The van der Waals surface area contributed by atoms with Crippen LogP contribution in [0, 0.1) is 5.92 Å². The second-order valence-corrected chi connectivity index (χ2v) is 6.16. The Balaban J connectivity index is 3.94. The van der Waals surface area contributed by atoms with Crippen molar-refractivity contribution in [2.24, 2.45) is 5.92 Å². The first-order valence-electron chi connectivity index (χ1n) is 7.26. The van der Waals surface area contributed by atoms with Crippen LogP contribution in [0.15, 0.2) is 0 Å². The fraction of sp³-hybridized carbons (Fsp3) is 0.800. The van der Waals surface area contributed by atoms with Crippen molar-refractivity contribution in [3.8, 4) is 0 Å². The molecule has 0 aliphatic heterocycles. The fourth-order valence-electron chi connectivity index (χ4n) is 1.95. The summed E-state index contributed by atoms with van der Waals surface area (Å²) in [5.74, 6) is 0.683. The molecular weight excluding hydrogens is 292 g/mol. The molecule has 122 valence electrons.